The van der Waals surface area contributed by atoms with Gasteiger partial charge in [-0.1, -0.05) is 30.3 Å². The monoisotopic (exact) mass is 548 g/mol. The summed E-state index contributed by atoms with van der Waals surface area (Å²) < 4.78 is 20.5. The molecule has 2 aromatic carbocycles. The summed E-state index contributed by atoms with van der Waals surface area (Å²) >= 11 is 0. The highest BCUT2D eigenvalue weighted by atomic mass is 19.1. The molecule has 3 aliphatic heterocycles. The standard InChI is InChI=1S/C31H37FN4O4/c1-19-8-7-10-23-26(22-9-5-6-11-24(22)32)33-28(34-30(39)40-31(2,3)4)29(38)36(27(19)23)18-25(37)35-16-20-12-13-21(17-35)15-14-20/h5-11,20-21,28H,12-18H2,1-4H3,(H,34,39)/t20?,21?,28-/m1/s1. The summed E-state index contributed by atoms with van der Waals surface area (Å²) in [6.07, 6.45) is 2.24. The Kier molecular flexibility index (Phi) is 7.66. The van der Waals surface area contributed by atoms with E-state index in [1.807, 2.05) is 24.0 Å². The molecule has 0 unspecified atom stereocenters. The number of halogens is 1. The topological polar surface area (TPSA) is 91.3 Å². The zero-order chi connectivity index (χ0) is 28.6. The molecular weight excluding hydrogens is 511 g/mol. The van der Waals surface area contributed by atoms with Crippen LogP contribution in [0.3, 0.4) is 0 Å². The van der Waals surface area contributed by atoms with Gasteiger partial charge in [0, 0.05) is 24.2 Å². The fraction of sp³-hybridized carbons (Fsp3) is 0.484. The molecule has 1 atom stereocenters. The van der Waals surface area contributed by atoms with E-state index in [-0.39, 0.29) is 23.7 Å². The lowest BCUT2D eigenvalue weighted by Crippen LogP contribution is -2.52. The molecule has 0 radical (unpaired) electrons. The number of hydrogen-bond donors (Lipinski definition) is 1. The lowest BCUT2D eigenvalue weighted by molar-refractivity contribution is -0.132. The van der Waals surface area contributed by atoms with Crippen LogP contribution in [0.1, 0.15) is 63.1 Å². The number of amides is 3. The lowest BCUT2D eigenvalue weighted by Gasteiger charge is -2.30. The molecule has 0 aromatic heterocycles. The van der Waals surface area contributed by atoms with Crippen LogP contribution in [0, 0.1) is 24.6 Å². The Labute approximate surface area is 234 Å². The number of hydrogen-bond acceptors (Lipinski definition) is 5. The maximum absolute atomic E-state index is 15.1. The number of alkyl carbamates (subject to hydrolysis) is 1. The minimum Gasteiger partial charge on any atom is -0.444 e. The van der Waals surface area contributed by atoms with E-state index in [9.17, 15) is 14.4 Å². The van der Waals surface area contributed by atoms with Crippen LogP contribution in [0.15, 0.2) is 47.5 Å². The van der Waals surface area contributed by atoms with Crippen molar-refractivity contribution in [2.24, 2.45) is 16.8 Å². The average molecular weight is 549 g/mol. The molecule has 1 saturated carbocycles. The molecule has 40 heavy (non-hydrogen) atoms. The number of carbonyl (C=O) groups is 3. The summed E-state index contributed by atoms with van der Waals surface area (Å²) in [5.74, 6) is -0.282. The number of benzodiazepines with no additional fused rings is 1. The van der Waals surface area contributed by atoms with Crippen LogP contribution in [0.5, 0.6) is 0 Å². The third-order valence-corrected chi connectivity index (χ3v) is 7.87. The zero-order valence-corrected chi connectivity index (χ0v) is 23.6. The molecule has 9 heteroatoms. The molecule has 2 saturated heterocycles. The average Bonchev–Trinajstić information content (AvgIpc) is 3.27. The van der Waals surface area contributed by atoms with Gasteiger partial charge in [0.1, 0.15) is 18.0 Å². The van der Waals surface area contributed by atoms with Crippen LogP contribution in [0.2, 0.25) is 0 Å². The molecule has 6 rings (SSSR count). The summed E-state index contributed by atoms with van der Waals surface area (Å²) in [4.78, 5) is 48.6. The predicted octanol–water partition coefficient (Wildman–Crippen LogP) is 4.82. The lowest BCUT2D eigenvalue weighted by atomic mass is 9.84. The van der Waals surface area contributed by atoms with Gasteiger partial charge in [0.2, 0.25) is 12.1 Å². The number of aryl methyl sites for hydroxylation is 1. The normalized spacial score (nSPS) is 22.7. The molecule has 2 aromatic rings. The highest BCUT2D eigenvalue weighted by Gasteiger charge is 2.38. The van der Waals surface area contributed by atoms with Crippen molar-refractivity contribution in [2.75, 3.05) is 24.5 Å². The van der Waals surface area contributed by atoms with Gasteiger partial charge in [-0.15, -0.1) is 0 Å². The number of aliphatic imine (C=N–C) groups is 1. The molecule has 1 N–H and O–H groups in total. The number of para-hydroxylation sites is 1. The van der Waals surface area contributed by atoms with Crippen molar-refractivity contribution in [1.29, 1.82) is 0 Å². The first-order valence-electron chi connectivity index (χ1n) is 14.0. The van der Waals surface area contributed by atoms with Gasteiger partial charge in [-0.05, 0) is 82.9 Å². The minimum atomic E-state index is -1.43. The second-order valence-corrected chi connectivity index (χ2v) is 12.1. The third-order valence-electron chi connectivity index (χ3n) is 7.87. The van der Waals surface area contributed by atoms with Crippen molar-refractivity contribution in [3.8, 4) is 0 Å². The van der Waals surface area contributed by atoms with Gasteiger partial charge in [0.15, 0.2) is 0 Å². The maximum Gasteiger partial charge on any atom is 0.409 e. The highest BCUT2D eigenvalue weighted by Crippen LogP contribution is 2.35. The van der Waals surface area contributed by atoms with Gasteiger partial charge < -0.3 is 9.64 Å². The van der Waals surface area contributed by atoms with Gasteiger partial charge >= 0.3 is 6.09 Å². The van der Waals surface area contributed by atoms with E-state index in [0.29, 0.717) is 36.2 Å². The first-order valence-corrected chi connectivity index (χ1v) is 14.0. The van der Waals surface area contributed by atoms with E-state index in [0.717, 1.165) is 31.2 Å². The van der Waals surface area contributed by atoms with Crippen LogP contribution in [-0.4, -0.2) is 59.9 Å². The van der Waals surface area contributed by atoms with E-state index >= 15 is 4.39 Å². The van der Waals surface area contributed by atoms with Crippen molar-refractivity contribution in [3.05, 3.63) is 65.0 Å². The first kappa shape index (κ1) is 27.8. The van der Waals surface area contributed by atoms with Crippen molar-refractivity contribution in [1.82, 2.24) is 10.2 Å². The SMILES string of the molecule is Cc1cccc2c1N(CC(=O)N1CC3CCC(CC3)C1)C(=O)[C@@H](NC(=O)OC(C)(C)C)N=C2c1ccccc1F. The van der Waals surface area contributed by atoms with E-state index < -0.39 is 29.6 Å². The van der Waals surface area contributed by atoms with Gasteiger partial charge in [0.05, 0.1) is 11.4 Å². The smallest absolute Gasteiger partial charge is 0.409 e. The van der Waals surface area contributed by atoms with Crippen LogP contribution < -0.4 is 10.2 Å². The second-order valence-electron chi connectivity index (χ2n) is 12.1. The van der Waals surface area contributed by atoms with E-state index in [1.54, 1.807) is 45.0 Å². The third kappa shape index (κ3) is 5.88. The molecule has 0 spiro atoms. The number of anilines is 1. The molecule has 3 amide bonds. The number of fused-ring (bicyclic) bond motifs is 5. The maximum atomic E-state index is 15.1. The molecule has 1 aliphatic carbocycles. The highest BCUT2D eigenvalue weighted by molar-refractivity contribution is 6.21. The van der Waals surface area contributed by atoms with Gasteiger partial charge in [-0.25, -0.2) is 14.2 Å². The summed E-state index contributed by atoms with van der Waals surface area (Å²) in [6, 6.07) is 11.6. The molecule has 8 nitrogen and oxygen atoms in total. The zero-order valence-electron chi connectivity index (χ0n) is 23.6. The van der Waals surface area contributed by atoms with Crippen LogP contribution in [0.4, 0.5) is 14.9 Å². The molecular formula is C31H37FN4O4. The quantitative estimate of drug-likeness (QED) is 0.593. The molecule has 3 fully saturated rings. The Morgan fingerprint density at radius 1 is 1.00 bits per heavy atom. The van der Waals surface area contributed by atoms with Gasteiger partial charge in [-0.3, -0.25) is 19.8 Å². The van der Waals surface area contributed by atoms with Crippen molar-refractivity contribution in [2.45, 2.75) is 65.1 Å². The summed E-state index contributed by atoms with van der Waals surface area (Å²) in [6.45, 7) is 8.16. The number of ether oxygens (including phenoxy) is 1. The fourth-order valence-corrected chi connectivity index (χ4v) is 5.99. The number of nitrogens with one attached hydrogen (secondary N) is 1. The number of nitrogens with zero attached hydrogens (tertiary/aromatic N) is 3. The summed E-state index contributed by atoms with van der Waals surface area (Å²) in [5.41, 5.74) is 1.32. The van der Waals surface area contributed by atoms with Crippen LogP contribution in [0.25, 0.3) is 0 Å². The Bertz CT molecular complexity index is 1330. The number of rotatable bonds is 4. The van der Waals surface area contributed by atoms with E-state index in [4.69, 9.17) is 4.74 Å². The second kappa shape index (κ2) is 11.0. The molecule has 4 aliphatic rings. The van der Waals surface area contributed by atoms with Crippen molar-refractivity contribution in [3.63, 3.8) is 0 Å². The number of benzene rings is 2. The predicted molar refractivity (Wildman–Crippen MR) is 151 cm³/mol. The summed E-state index contributed by atoms with van der Waals surface area (Å²) in [7, 11) is 0. The fourth-order valence-electron chi connectivity index (χ4n) is 5.99. The molecule has 3 heterocycles. The Hall–Kier alpha value is -3.75. The van der Waals surface area contributed by atoms with Gasteiger partial charge in [-0.2, -0.15) is 0 Å². The largest absolute Gasteiger partial charge is 0.444 e. The van der Waals surface area contributed by atoms with Crippen molar-refractivity contribution < 1.29 is 23.5 Å². The Morgan fingerprint density at radius 2 is 1.62 bits per heavy atom. The summed E-state index contributed by atoms with van der Waals surface area (Å²) in [5, 5.41) is 2.57. The number of carbonyl (C=O) groups excluding carboxylic acids is 3. The van der Waals surface area contributed by atoms with E-state index in [2.05, 4.69) is 10.3 Å². The molecule has 2 bridgehead atoms. The van der Waals surface area contributed by atoms with Crippen molar-refractivity contribution >= 4 is 29.3 Å². The van der Waals surface area contributed by atoms with E-state index in [1.165, 1.54) is 11.0 Å². The Balaban J connectivity index is 1.56. The van der Waals surface area contributed by atoms with Crippen LogP contribution >= 0.6 is 0 Å². The first-order chi connectivity index (χ1) is 19.0. The molecule has 212 valence electrons. The Morgan fingerprint density at radius 3 is 2.25 bits per heavy atom. The van der Waals surface area contributed by atoms with Crippen LogP contribution in [-0.2, 0) is 14.3 Å². The van der Waals surface area contributed by atoms with Gasteiger partial charge in [0.25, 0.3) is 5.91 Å². The minimum absolute atomic E-state index is 0.147.